The topological polar surface area (TPSA) is 21.3 Å². The molecule has 0 saturated carbocycles. The summed E-state index contributed by atoms with van der Waals surface area (Å²) in [6.07, 6.45) is 3.55. The quantitative estimate of drug-likeness (QED) is 0.903. The molecule has 1 heterocycles. The lowest BCUT2D eigenvalue weighted by Gasteiger charge is -2.33. The molecule has 1 aliphatic heterocycles. The Bertz CT molecular complexity index is 544. The third kappa shape index (κ3) is 3.76. The van der Waals surface area contributed by atoms with E-state index in [2.05, 4.69) is 59.9 Å². The van der Waals surface area contributed by atoms with Gasteiger partial charge in [-0.25, -0.2) is 0 Å². The second-order valence-electron chi connectivity index (χ2n) is 6.23. The number of nitrogens with one attached hydrogen (secondary N) is 1. The van der Waals surface area contributed by atoms with Crippen molar-refractivity contribution in [2.45, 2.75) is 31.3 Å². The van der Waals surface area contributed by atoms with Crippen LogP contribution in [0.1, 0.15) is 30.4 Å². The van der Waals surface area contributed by atoms with E-state index in [4.69, 9.17) is 4.74 Å². The summed E-state index contributed by atoms with van der Waals surface area (Å²) in [6, 6.07) is 21.4. The zero-order valence-electron chi connectivity index (χ0n) is 13.1. The van der Waals surface area contributed by atoms with E-state index in [0.29, 0.717) is 6.61 Å². The lowest BCUT2D eigenvalue weighted by molar-refractivity contribution is 0.0645. The first-order valence-electron chi connectivity index (χ1n) is 8.27. The van der Waals surface area contributed by atoms with E-state index < -0.39 is 0 Å². The zero-order valence-corrected chi connectivity index (χ0v) is 13.1. The molecule has 2 aromatic carbocycles. The molecule has 0 aliphatic carbocycles. The summed E-state index contributed by atoms with van der Waals surface area (Å²) < 4.78 is 6.14. The van der Waals surface area contributed by atoms with E-state index in [1.807, 2.05) is 6.07 Å². The zero-order chi connectivity index (χ0) is 15.1. The Kier molecular flexibility index (Phi) is 5.25. The highest BCUT2D eigenvalue weighted by molar-refractivity contribution is 5.26. The molecule has 0 aromatic heterocycles. The van der Waals surface area contributed by atoms with Crippen LogP contribution in [-0.4, -0.2) is 19.7 Å². The van der Waals surface area contributed by atoms with Gasteiger partial charge in [0, 0.05) is 5.41 Å². The minimum Gasteiger partial charge on any atom is -0.376 e. The molecule has 116 valence electrons. The van der Waals surface area contributed by atoms with Crippen molar-refractivity contribution in [2.24, 2.45) is 0 Å². The molecule has 1 saturated heterocycles. The molecule has 0 radical (unpaired) electrons. The Balaban J connectivity index is 1.71. The van der Waals surface area contributed by atoms with E-state index in [9.17, 15) is 0 Å². The van der Waals surface area contributed by atoms with Crippen molar-refractivity contribution in [2.75, 3.05) is 19.7 Å². The lowest BCUT2D eigenvalue weighted by atomic mass is 9.75. The summed E-state index contributed by atoms with van der Waals surface area (Å²) in [4.78, 5) is 0. The monoisotopic (exact) mass is 295 g/mol. The van der Waals surface area contributed by atoms with Gasteiger partial charge in [0.15, 0.2) is 0 Å². The molecule has 0 spiro atoms. The van der Waals surface area contributed by atoms with Crippen LogP contribution in [0.3, 0.4) is 0 Å². The summed E-state index contributed by atoms with van der Waals surface area (Å²) >= 11 is 0. The summed E-state index contributed by atoms with van der Waals surface area (Å²) in [6.45, 7) is 3.69. The van der Waals surface area contributed by atoms with Gasteiger partial charge >= 0.3 is 0 Å². The smallest absolute Gasteiger partial charge is 0.0717 e. The van der Waals surface area contributed by atoms with Crippen LogP contribution in [0.4, 0.5) is 0 Å². The molecule has 1 unspecified atom stereocenters. The molecular formula is C20H25NO. The molecule has 1 N–H and O–H groups in total. The van der Waals surface area contributed by atoms with Crippen LogP contribution in [0, 0.1) is 0 Å². The number of hydrogen-bond donors (Lipinski definition) is 1. The number of rotatable bonds is 5. The molecule has 2 heteroatoms. The largest absolute Gasteiger partial charge is 0.376 e. The number of ether oxygens (including phenoxy) is 1. The average Bonchev–Trinajstić information content (AvgIpc) is 2.83. The first-order chi connectivity index (χ1) is 10.9. The van der Waals surface area contributed by atoms with Crippen molar-refractivity contribution in [1.29, 1.82) is 0 Å². The molecule has 2 aromatic rings. The van der Waals surface area contributed by atoms with Gasteiger partial charge in [-0.1, -0.05) is 60.7 Å². The van der Waals surface area contributed by atoms with Gasteiger partial charge in [0.2, 0.25) is 0 Å². The highest BCUT2D eigenvalue weighted by Crippen LogP contribution is 2.34. The van der Waals surface area contributed by atoms with Crippen molar-refractivity contribution >= 4 is 0 Å². The molecule has 1 fully saturated rings. The van der Waals surface area contributed by atoms with Gasteiger partial charge in [-0.2, -0.15) is 0 Å². The van der Waals surface area contributed by atoms with Gasteiger partial charge in [0.1, 0.15) is 0 Å². The molecule has 1 atom stereocenters. The van der Waals surface area contributed by atoms with Crippen molar-refractivity contribution in [3.05, 3.63) is 71.8 Å². The normalized spacial score (nSPS) is 22.2. The van der Waals surface area contributed by atoms with Gasteiger partial charge in [0.25, 0.3) is 0 Å². The molecule has 22 heavy (non-hydrogen) atoms. The standard InChI is InChI=1S/C20H25NO/c1-3-8-18(9-4-1)16-22-17-20(12-7-14-21-15-13-20)19-10-5-2-6-11-19/h1-6,8-11,21H,7,12-17H2. The highest BCUT2D eigenvalue weighted by atomic mass is 16.5. The fraction of sp³-hybridized carbons (Fsp3) is 0.400. The summed E-state index contributed by atoms with van der Waals surface area (Å²) in [5.41, 5.74) is 2.82. The molecular weight excluding hydrogens is 270 g/mol. The van der Waals surface area contributed by atoms with E-state index in [1.165, 1.54) is 24.0 Å². The SMILES string of the molecule is c1ccc(COCC2(c3ccccc3)CCCNCC2)cc1. The first kappa shape index (κ1) is 15.3. The van der Waals surface area contributed by atoms with Crippen molar-refractivity contribution in [3.63, 3.8) is 0 Å². The van der Waals surface area contributed by atoms with Crippen LogP contribution in [0.2, 0.25) is 0 Å². The average molecular weight is 295 g/mol. The second-order valence-corrected chi connectivity index (χ2v) is 6.23. The Morgan fingerprint density at radius 3 is 2.36 bits per heavy atom. The van der Waals surface area contributed by atoms with Crippen molar-refractivity contribution in [1.82, 2.24) is 5.32 Å². The van der Waals surface area contributed by atoms with E-state index in [-0.39, 0.29) is 5.41 Å². The number of benzene rings is 2. The predicted octanol–water partition coefficient (Wildman–Crippen LogP) is 3.91. The highest BCUT2D eigenvalue weighted by Gasteiger charge is 2.33. The predicted molar refractivity (Wildman–Crippen MR) is 90.9 cm³/mol. The van der Waals surface area contributed by atoms with Crippen LogP contribution in [0.25, 0.3) is 0 Å². The second kappa shape index (κ2) is 7.57. The van der Waals surface area contributed by atoms with Gasteiger partial charge in [-0.3, -0.25) is 0 Å². The minimum atomic E-state index is 0.152. The number of hydrogen-bond acceptors (Lipinski definition) is 2. The fourth-order valence-electron chi connectivity index (χ4n) is 3.38. The molecule has 2 nitrogen and oxygen atoms in total. The lowest BCUT2D eigenvalue weighted by Crippen LogP contribution is -2.33. The maximum absolute atomic E-state index is 6.14. The summed E-state index contributed by atoms with van der Waals surface area (Å²) in [5.74, 6) is 0. The molecule has 0 bridgehead atoms. The Hall–Kier alpha value is -1.64. The third-order valence-corrected chi connectivity index (χ3v) is 4.67. The van der Waals surface area contributed by atoms with Crippen LogP contribution < -0.4 is 5.32 Å². The van der Waals surface area contributed by atoms with Gasteiger partial charge in [0.05, 0.1) is 13.2 Å². The van der Waals surface area contributed by atoms with Crippen molar-refractivity contribution < 1.29 is 4.74 Å². The third-order valence-electron chi connectivity index (χ3n) is 4.67. The van der Waals surface area contributed by atoms with Gasteiger partial charge in [-0.15, -0.1) is 0 Å². The van der Waals surface area contributed by atoms with Crippen LogP contribution in [0.5, 0.6) is 0 Å². The molecule has 3 rings (SSSR count). The van der Waals surface area contributed by atoms with Crippen molar-refractivity contribution in [3.8, 4) is 0 Å². The first-order valence-corrected chi connectivity index (χ1v) is 8.27. The summed E-state index contributed by atoms with van der Waals surface area (Å²) in [7, 11) is 0. The minimum absolute atomic E-state index is 0.152. The Labute approximate surface area is 133 Å². The fourth-order valence-corrected chi connectivity index (χ4v) is 3.38. The van der Waals surface area contributed by atoms with Gasteiger partial charge in [-0.05, 0) is 43.5 Å². The van der Waals surface area contributed by atoms with Crippen LogP contribution >= 0.6 is 0 Å². The summed E-state index contributed by atoms with van der Waals surface area (Å²) in [5, 5.41) is 3.52. The van der Waals surface area contributed by atoms with E-state index >= 15 is 0 Å². The Morgan fingerprint density at radius 2 is 1.59 bits per heavy atom. The maximum Gasteiger partial charge on any atom is 0.0717 e. The van der Waals surface area contributed by atoms with Crippen LogP contribution in [0.15, 0.2) is 60.7 Å². The van der Waals surface area contributed by atoms with E-state index in [1.54, 1.807) is 0 Å². The molecule has 0 amide bonds. The Morgan fingerprint density at radius 1 is 0.864 bits per heavy atom. The molecule has 1 aliphatic rings. The maximum atomic E-state index is 6.14. The van der Waals surface area contributed by atoms with Gasteiger partial charge < -0.3 is 10.1 Å². The van der Waals surface area contributed by atoms with Crippen LogP contribution in [-0.2, 0) is 16.8 Å². The van der Waals surface area contributed by atoms with E-state index in [0.717, 1.165) is 26.1 Å².